The molecule has 4 atom stereocenters. The van der Waals surface area contributed by atoms with Crippen LogP contribution in [0.3, 0.4) is 0 Å². The average molecular weight is 324 g/mol. The smallest absolute Gasteiger partial charge is 0.169 e. The highest BCUT2D eigenvalue weighted by Gasteiger charge is 2.51. The lowest BCUT2D eigenvalue weighted by Crippen LogP contribution is -2.57. The molecule has 0 aliphatic carbocycles. The third kappa shape index (κ3) is 2.38. The zero-order valence-corrected chi connectivity index (χ0v) is 15.0. The van der Waals surface area contributed by atoms with Crippen molar-refractivity contribution in [1.82, 2.24) is 4.90 Å². The molecule has 0 saturated carbocycles. The normalized spacial score (nSPS) is 37.9. The number of unbranched alkanes of at least 4 members (excludes halogenated alkanes) is 1. The van der Waals surface area contributed by atoms with Gasteiger partial charge in [0.2, 0.25) is 0 Å². The molecule has 3 aliphatic heterocycles. The van der Waals surface area contributed by atoms with Crippen LogP contribution in [0.1, 0.15) is 46.0 Å². The van der Waals surface area contributed by atoms with Crippen molar-refractivity contribution >= 4 is 11.8 Å². The number of hydrogen-bond acceptors (Lipinski definition) is 4. The first kappa shape index (κ1) is 16.2. The van der Waals surface area contributed by atoms with Gasteiger partial charge in [-0.25, -0.2) is 0 Å². The van der Waals surface area contributed by atoms with Crippen LogP contribution in [-0.2, 0) is 0 Å². The summed E-state index contributed by atoms with van der Waals surface area (Å²) in [7, 11) is 2.35. The summed E-state index contributed by atoms with van der Waals surface area (Å²) in [4.78, 5) is 2.38. The van der Waals surface area contributed by atoms with Crippen molar-refractivity contribution in [3.63, 3.8) is 0 Å². The SMILES string of the molecule is CCCC[N+]1(C)C2=C(CCC1N)C1CC=C(N)N(CC)C1S2. The Morgan fingerprint density at radius 1 is 1.41 bits per heavy atom. The van der Waals surface area contributed by atoms with Crippen LogP contribution in [0.5, 0.6) is 0 Å². The second kappa shape index (κ2) is 6.10. The van der Waals surface area contributed by atoms with E-state index in [0.717, 1.165) is 36.2 Å². The van der Waals surface area contributed by atoms with Crippen molar-refractivity contribution in [2.24, 2.45) is 17.4 Å². The van der Waals surface area contributed by atoms with Crippen LogP contribution in [0.15, 0.2) is 22.5 Å². The number of rotatable bonds is 4. The first-order chi connectivity index (χ1) is 10.5. The van der Waals surface area contributed by atoms with Crippen LogP contribution in [-0.4, -0.2) is 41.1 Å². The molecule has 4 nitrogen and oxygen atoms in total. The van der Waals surface area contributed by atoms with Gasteiger partial charge >= 0.3 is 0 Å². The molecule has 3 aliphatic rings. The van der Waals surface area contributed by atoms with E-state index < -0.39 is 0 Å². The van der Waals surface area contributed by atoms with E-state index in [0.29, 0.717) is 11.3 Å². The van der Waals surface area contributed by atoms with Crippen molar-refractivity contribution in [2.45, 2.75) is 57.5 Å². The summed E-state index contributed by atoms with van der Waals surface area (Å²) in [6.45, 7) is 6.62. The van der Waals surface area contributed by atoms with E-state index in [4.69, 9.17) is 11.5 Å². The lowest BCUT2D eigenvalue weighted by Gasteiger charge is -2.43. The standard InChI is InChI=1S/C17H31N4S/c1-4-6-11-21(3)15(19)10-8-13-12-7-9-14(18)20(5-2)16(12)22-17(13)21/h9,12,15-16H,4-8,10-11,18-19H2,1-3H3/q+1. The maximum Gasteiger partial charge on any atom is 0.169 e. The van der Waals surface area contributed by atoms with Crippen molar-refractivity contribution in [1.29, 1.82) is 0 Å². The molecule has 0 aromatic rings. The second-order valence-corrected chi connectivity index (χ2v) is 8.15. The summed E-state index contributed by atoms with van der Waals surface area (Å²) < 4.78 is 0.943. The van der Waals surface area contributed by atoms with Gasteiger partial charge in [-0.1, -0.05) is 13.3 Å². The molecule has 3 rings (SSSR count). The summed E-state index contributed by atoms with van der Waals surface area (Å²) in [5.74, 6) is 1.60. The minimum atomic E-state index is 0.248. The fourth-order valence-electron chi connectivity index (χ4n) is 4.25. The van der Waals surface area contributed by atoms with Crippen LogP contribution < -0.4 is 11.5 Å². The Bertz CT molecular complexity index is 501. The molecule has 0 fully saturated rings. The zero-order chi connectivity index (χ0) is 15.9. The Balaban J connectivity index is 1.92. The van der Waals surface area contributed by atoms with Crippen LogP contribution in [0.2, 0.25) is 0 Å². The number of hydrogen-bond donors (Lipinski definition) is 2. The number of nitrogens with zero attached hydrogens (tertiary/aromatic N) is 2. The Hall–Kier alpha value is -0.650. The Labute approximate surface area is 139 Å². The number of fused-ring (bicyclic) bond motifs is 2. The number of allylic oxidation sites excluding steroid dienone is 1. The van der Waals surface area contributed by atoms with Crippen LogP contribution in [0.4, 0.5) is 0 Å². The highest BCUT2D eigenvalue weighted by atomic mass is 32.2. The molecule has 0 spiro atoms. The van der Waals surface area contributed by atoms with Crippen LogP contribution >= 0.6 is 11.8 Å². The predicted octanol–water partition coefficient (Wildman–Crippen LogP) is 2.74. The fraction of sp³-hybridized carbons (Fsp3) is 0.765. The van der Waals surface area contributed by atoms with Gasteiger partial charge in [-0.05, 0) is 44.0 Å². The van der Waals surface area contributed by atoms with E-state index >= 15 is 0 Å². The van der Waals surface area contributed by atoms with E-state index in [2.05, 4.69) is 43.6 Å². The van der Waals surface area contributed by atoms with E-state index in [1.54, 1.807) is 10.6 Å². The van der Waals surface area contributed by atoms with Crippen molar-refractivity contribution in [3.05, 3.63) is 22.5 Å². The summed E-state index contributed by atoms with van der Waals surface area (Å²) in [5, 5.41) is 2.05. The Morgan fingerprint density at radius 2 is 2.18 bits per heavy atom. The fourth-order valence-corrected chi connectivity index (χ4v) is 6.19. The molecule has 0 amide bonds. The first-order valence-corrected chi connectivity index (χ1v) is 9.64. The lowest BCUT2D eigenvalue weighted by molar-refractivity contribution is -0.893. The monoisotopic (exact) mass is 323 g/mol. The topological polar surface area (TPSA) is 55.3 Å². The molecule has 0 aromatic heterocycles. The molecule has 0 radical (unpaired) electrons. The van der Waals surface area contributed by atoms with Gasteiger partial charge in [-0.2, -0.15) is 0 Å². The summed E-state index contributed by atoms with van der Waals surface area (Å²) in [6, 6.07) is 0. The molecule has 4 N–H and O–H groups in total. The van der Waals surface area contributed by atoms with Gasteiger partial charge in [0.25, 0.3) is 0 Å². The first-order valence-electron chi connectivity index (χ1n) is 8.76. The van der Waals surface area contributed by atoms with E-state index in [1.165, 1.54) is 19.3 Å². The maximum atomic E-state index is 6.57. The van der Waals surface area contributed by atoms with E-state index in [9.17, 15) is 0 Å². The molecule has 4 unspecified atom stereocenters. The molecule has 5 heteroatoms. The van der Waals surface area contributed by atoms with Gasteiger partial charge in [-0.3, -0.25) is 10.2 Å². The molecule has 124 valence electrons. The van der Waals surface area contributed by atoms with Gasteiger partial charge in [0.15, 0.2) is 5.03 Å². The molecule has 22 heavy (non-hydrogen) atoms. The van der Waals surface area contributed by atoms with E-state index in [1.807, 2.05) is 0 Å². The number of thioether (sulfide) groups is 1. The van der Waals surface area contributed by atoms with Gasteiger partial charge in [0, 0.05) is 24.5 Å². The highest BCUT2D eigenvalue weighted by Crippen LogP contribution is 2.54. The molecular weight excluding hydrogens is 292 g/mol. The molecular formula is C17H31N4S+. The number of nitrogens with two attached hydrogens (primary N) is 2. The molecule has 0 aromatic carbocycles. The largest absolute Gasteiger partial charge is 0.386 e. The third-order valence-electron chi connectivity index (χ3n) is 5.74. The molecule has 0 saturated heterocycles. The maximum absolute atomic E-state index is 6.57. The lowest BCUT2D eigenvalue weighted by atomic mass is 9.87. The van der Waals surface area contributed by atoms with Gasteiger partial charge in [0.05, 0.1) is 24.8 Å². The predicted molar refractivity (Wildman–Crippen MR) is 94.3 cm³/mol. The molecule has 3 heterocycles. The minimum Gasteiger partial charge on any atom is -0.386 e. The van der Waals surface area contributed by atoms with E-state index in [-0.39, 0.29) is 6.17 Å². The zero-order valence-electron chi connectivity index (χ0n) is 14.2. The van der Waals surface area contributed by atoms with Gasteiger partial charge in [0.1, 0.15) is 6.17 Å². The Morgan fingerprint density at radius 3 is 2.86 bits per heavy atom. The van der Waals surface area contributed by atoms with Crippen molar-refractivity contribution in [3.8, 4) is 0 Å². The van der Waals surface area contributed by atoms with Crippen LogP contribution in [0, 0.1) is 5.92 Å². The van der Waals surface area contributed by atoms with Crippen molar-refractivity contribution in [2.75, 3.05) is 20.1 Å². The number of quaternary nitrogens is 1. The average Bonchev–Trinajstić information content (AvgIpc) is 2.89. The van der Waals surface area contributed by atoms with Gasteiger partial charge in [-0.15, -0.1) is 0 Å². The van der Waals surface area contributed by atoms with Gasteiger partial charge < -0.3 is 10.6 Å². The molecule has 0 bridgehead atoms. The summed E-state index contributed by atoms with van der Waals surface area (Å²) in [6.07, 6.45) is 8.35. The highest BCUT2D eigenvalue weighted by molar-refractivity contribution is 8.03. The summed E-state index contributed by atoms with van der Waals surface area (Å²) >= 11 is 2.05. The summed E-state index contributed by atoms with van der Waals surface area (Å²) in [5.41, 5.74) is 14.5. The quantitative estimate of drug-likeness (QED) is 0.781. The van der Waals surface area contributed by atoms with Crippen LogP contribution in [0.25, 0.3) is 0 Å². The Kier molecular flexibility index (Phi) is 4.49. The third-order valence-corrected chi connectivity index (χ3v) is 7.47. The minimum absolute atomic E-state index is 0.248. The van der Waals surface area contributed by atoms with Crippen molar-refractivity contribution < 1.29 is 4.48 Å². The second-order valence-electron chi connectivity index (χ2n) is 7.05.